The SMILES string of the molecule is NC(=O)c1ccc(-c2cc(-c3ccnc4[nH]ccc34)ccc2C2CCNCC2)cc1. The lowest BCUT2D eigenvalue weighted by atomic mass is 9.83. The van der Waals surface area contributed by atoms with Gasteiger partial charge in [-0.25, -0.2) is 4.98 Å². The number of H-pyrrole nitrogens is 1. The Balaban J connectivity index is 1.65. The fourth-order valence-corrected chi connectivity index (χ4v) is 4.49. The third-order valence-electron chi connectivity index (χ3n) is 6.08. The number of nitrogens with zero attached hydrogens (tertiary/aromatic N) is 1. The highest BCUT2D eigenvalue weighted by atomic mass is 16.1. The Morgan fingerprint density at radius 2 is 1.70 bits per heavy atom. The predicted octanol–water partition coefficient (Wildman–Crippen LogP) is 4.46. The molecule has 1 aliphatic rings. The largest absolute Gasteiger partial charge is 0.366 e. The smallest absolute Gasteiger partial charge is 0.248 e. The summed E-state index contributed by atoms with van der Waals surface area (Å²) in [6, 6.07) is 18.5. The summed E-state index contributed by atoms with van der Waals surface area (Å²) in [4.78, 5) is 19.1. The summed E-state index contributed by atoms with van der Waals surface area (Å²) in [7, 11) is 0. The van der Waals surface area contributed by atoms with Crippen LogP contribution in [0.2, 0.25) is 0 Å². The van der Waals surface area contributed by atoms with Crippen molar-refractivity contribution in [3.8, 4) is 22.3 Å². The molecule has 4 aromatic rings. The number of primary amides is 1. The van der Waals surface area contributed by atoms with E-state index >= 15 is 0 Å². The first-order valence-corrected chi connectivity index (χ1v) is 10.4. The first-order chi connectivity index (χ1) is 14.7. The number of rotatable bonds is 4. The molecule has 0 atom stereocenters. The predicted molar refractivity (Wildman–Crippen MR) is 120 cm³/mol. The van der Waals surface area contributed by atoms with Crippen molar-refractivity contribution < 1.29 is 4.79 Å². The maximum atomic E-state index is 11.5. The van der Waals surface area contributed by atoms with Gasteiger partial charge in [0.25, 0.3) is 0 Å². The van der Waals surface area contributed by atoms with Crippen LogP contribution in [0.5, 0.6) is 0 Å². The lowest BCUT2D eigenvalue weighted by molar-refractivity contribution is 0.100. The van der Waals surface area contributed by atoms with Crippen LogP contribution in [0.25, 0.3) is 33.3 Å². The van der Waals surface area contributed by atoms with Gasteiger partial charge in [0.15, 0.2) is 0 Å². The van der Waals surface area contributed by atoms with E-state index in [0.29, 0.717) is 11.5 Å². The third kappa shape index (κ3) is 3.37. The minimum atomic E-state index is -0.402. The number of aromatic amines is 1. The van der Waals surface area contributed by atoms with E-state index < -0.39 is 5.91 Å². The number of fused-ring (bicyclic) bond motifs is 1. The fourth-order valence-electron chi connectivity index (χ4n) is 4.49. The summed E-state index contributed by atoms with van der Waals surface area (Å²) in [6.45, 7) is 2.08. The van der Waals surface area contributed by atoms with Gasteiger partial charge in [-0.15, -0.1) is 0 Å². The Labute approximate surface area is 175 Å². The second-order valence-corrected chi connectivity index (χ2v) is 7.87. The zero-order chi connectivity index (χ0) is 20.5. The first kappa shape index (κ1) is 18.6. The number of piperidine rings is 1. The highest BCUT2D eigenvalue weighted by Crippen LogP contribution is 2.38. The quantitative estimate of drug-likeness (QED) is 0.476. The number of nitrogens with one attached hydrogen (secondary N) is 2. The number of nitrogens with two attached hydrogens (primary N) is 1. The first-order valence-electron chi connectivity index (χ1n) is 10.4. The fraction of sp³-hybridized carbons (Fsp3) is 0.200. The van der Waals surface area contributed by atoms with Gasteiger partial charge in [0.05, 0.1) is 0 Å². The van der Waals surface area contributed by atoms with E-state index in [4.69, 9.17) is 5.73 Å². The third-order valence-corrected chi connectivity index (χ3v) is 6.08. The Bertz CT molecular complexity index is 1200. The minimum absolute atomic E-state index is 0.402. The number of hydrogen-bond donors (Lipinski definition) is 3. The molecule has 0 bridgehead atoms. The molecule has 0 spiro atoms. The van der Waals surface area contributed by atoms with Crippen LogP contribution in [-0.4, -0.2) is 29.0 Å². The van der Waals surface area contributed by atoms with Crippen molar-refractivity contribution in [3.63, 3.8) is 0 Å². The topological polar surface area (TPSA) is 83.8 Å². The monoisotopic (exact) mass is 396 g/mol. The van der Waals surface area contributed by atoms with Gasteiger partial charge in [0.2, 0.25) is 5.91 Å². The standard InChI is InChI=1S/C25H24N4O/c26-24(30)18-3-1-16(2-4-18)23-15-19(5-6-20(23)17-7-11-27-12-8-17)21-9-13-28-25-22(21)10-14-29-25/h1-6,9-10,13-15,17,27H,7-8,11-12H2,(H2,26,30)(H,28,29). The van der Waals surface area contributed by atoms with E-state index in [1.807, 2.05) is 36.7 Å². The average molecular weight is 396 g/mol. The highest BCUT2D eigenvalue weighted by Gasteiger charge is 2.20. The number of carbonyl (C=O) groups excluding carboxylic acids is 1. The number of amides is 1. The van der Waals surface area contributed by atoms with Crippen LogP contribution in [0.3, 0.4) is 0 Å². The van der Waals surface area contributed by atoms with Crippen molar-refractivity contribution >= 4 is 16.9 Å². The van der Waals surface area contributed by atoms with E-state index in [1.54, 1.807) is 0 Å². The zero-order valence-corrected chi connectivity index (χ0v) is 16.7. The lowest BCUT2D eigenvalue weighted by Gasteiger charge is -2.26. The molecule has 5 heteroatoms. The zero-order valence-electron chi connectivity index (χ0n) is 16.7. The molecular weight excluding hydrogens is 372 g/mol. The molecule has 1 aliphatic heterocycles. The summed E-state index contributed by atoms with van der Waals surface area (Å²) < 4.78 is 0. The summed E-state index contributed by atoms with van der Waals surface area (Å²) in [5.74, 6) is 0.122. The van der Waals surface area contributed by atoms with Crippen molar-refractivity contribution in [2.45, 2.75) is 18.8 Å². The normalized spacial score (nSPS) is 14.8. The van der Waals surface area contributed by atoms with E-state index in [2.05, 4.69) is 45.6 Å². The van der Waals surface area contributed by atoms with Gasteiger partial charge < -0.3 is 16.0 Å². The summed E-state index contributed by atoms with van der Waals surface area (Å²) in [5, 5.41) is 4.57. The Kier molecular flexibility index (Phi) is 4.81. The van der Waals surface area contributed by atoms with Crippen molar-refractivity contribution in [1.29, 1.82) is 0 Å². The summed E-state index contributed by atoms with van der Waals surface area (Å²) in [5.41, 5.74) is 12.9. The molecule has 2 aromatic carbocycles. The number of pyridine rings is 1. The highest BCUT2D eigenvalue weighted by molar-refractivity contribution is 5.95. The molecule has 1 fully saturated rings. The molecular formula is C25H24N4O. The second-order valence-electron chi connectivity index (χ2n) is 7.87. The maximum absolute atomic E-state index is 11.5. The van der Waals surface area contributed by atoms with Gasteiger partial charge >= 0.3 is 0 Å². The number of hydrogen-bond acceptors (Lipinski definition) is 3. The number of carbonyl (C=O) groups is 1. The van der Waals surface area contributed by atoms with Crippen LogP contribution in [0.4, 0.5) is 0 Å². The van der Waals surface area contributed by atoms with Crippen molar-refractivity contribution in [2.75, 3.05) is 13.1 Å². The van der Waals surface area contributed by atoms with Crippen LogP contribution in [-0.2, 0) is 0 Å². The minimum Gasteiger partial charge on any atom is -0.366 e. The van der Waals surface area contributed by atoms with Crippen molar-refractivity contribution in [3.05, 3.63) is 78.1 Å². The molecule has 150 valence electrons. The van der Waals surface area contributed by atoms with Crippen LogP contribution < -0.4 is 11.1 Å². The van der Waals surface area contributed by atoms with Gasteiger partial charge in [-0.3, -0.25) is 4.79 Å². The lowest BCUT2D eigenvalue weighted by Crippen LogP contribution is -2.26. The molecule has 5 rings (SSSR count). The Morgan fingerprint density at radius 3 is 2.47 bits per heavy atom. The maximum Gasteiger partial charge on any atom is 0.248 e. The molecule has 3 heterocycles. The van der Waals surface area contributed by atoms with Crippen molar-refractivity contribution in [1.82, 2.24) is 15.3 Å². The van der Waals surface area contributed by atoms with Gasteiger partial charge in [-0.05, 0) is 90.0 Å². The van der Waals surface area contributed by atoms with E-state index in [1.165, 1.54) is 11.1 Å². The average Bonchev–Trinajstić information content (AvgIpc) is 3.28. The molecule has 1 saturated heterocycles. The van der Waals surface area contributed by atoms with Crippen molar-refractivity contribution in [2.24, 2.45) is 5.73 Å². The van der Waals surface area contributed by atoms with Crippen LogP contribution >= 0.6 is 0 Å². The molecule has 0 saturated carbocycles. The molecule has 30 heavy (non-hydrogen) atoms. The molecule has 1 amide bonds. The van der Waals surface area contributed by atoms with Gasteiger partial charge in [0.1, 0.15) is 5.65 Å². The number of benzene rings is 2. The summed E-state index contributed by atoms with van der Waals surface area (Å²) >= 11 is 0. The van der Waals surface area contributed by atoms with E-state index in [-0.39, 0.29) is 0 Å². The van der Waals surface area contributed by atoms with E-state index in [9.17, 15) is 4.79 Å². The number of aromatic nitrogens is 2. The second kappa shape index (κ2) is 7.76. The van der Waals surface area contributed by atoms with Crippen LogP contribution in [0.15, 0.2) is 67.0 Å². The van der Waals surface area contributed by atoms with Gasteiger partial charge in [0, 0.05) is 23.3 Å². The molecule has 0 aliphatic carbocycles. The van der Waals surface area contributed by atoms with Gasteiger partial charge in [-0.1, -0.05) is 24.3 Å². The molecule has 5 nitrogen and oxygen atoms in total. The van der Waals surface area contributed by atoms with Crippen LogP contribution in [0.1, 0.15) is 34.7 Å². The van der Waals surface area contributed by atoms with Gasteiger partial charge in [-0.2, -0.15) is 0 Å². The molecule has 0 radical (unpaired) electrons. The molecule has 2 aromatic heterocycles. The molecule has 4 N–H and O–H groups in total. The Morgan fingerprint density at radius 1 is 0.933 bits per heavy atom. The Hall–Kier alpha value is -3.44. The summed E-state index contributed by atoms with van der Waals surface area (Å²) in [6.07, 6.45) is 6.02. The van der Waals surface area contributed by atoms with E-state index in [0.717, 1.165) is 53.7 Å². The molecule has 0 unspecified atom stereocenters. The van der Waals surface area contributed by atoms with Crippen LogP contribution in [0, 0.1) is 0 Å².